The third kappa shape index (κ3) is 4.71. The molecule has 0 saturated carbocycles. The number of rotatable bonds is 5. The Labute approximate surface area is 128 Å². The molecule has 2 N–H and O–H groups in total. The van der Waals surface area contributed by atoms with E-state index in [0.717, 1.165) is 10.7 Å². The summed E-state index contributed by atoms with van der Waals surface area (Å²) in [7, 11) is 3.34. The lowest BCUT2D eigenvalue weighted by atomic mass is 10.3. The zero-order chi connectivity index (χ0) is 15.1. The van der Waals surface area contributed by atoms with Crippen molar-refractivity contribution in [3.63, 3.8) is 0 Å². The van der Waals surface area contributed by atoms with Crippen molar-refractivity contribution in [1.82, 2.24) is 20.6 Å². The smallest absolute Gasteiger partial charge is 0.213 e. The number of aromatic nitrogens is 2. The van der Waals surface area contributed by atoms with E-state index in [2.05, 4.69) is 25.6 Å². The maximum Gasteiger partial charge on any atom is 0.213 e. The SMILES string of the molecule is CN=C(NCc1cccc(OC)n1)NCc1ncc(C)s1. The molecular weight excluding hydrogens is 286 g/mol. The van der Waals surface area contributed by atoms with Gasteiger partial charge in [0.15, 0.2) is 5.96 Å². The molecule has 0 aromatic carbocycles. The van der Waals surface area contributed by atoms with Crippen LogP contribution >= 0.6 is 11.3 Å². The molecule has 0 aliphatic rings. The van der Waals surface area contributed by atoms with Crippen LogP contribution in [-0.2, 0) is 13.1 Å². The molecule has 2 heterocycles. The van der Waals surface area contributed by atoms with Crippen LogP contribution in [0.4, 0.5) is 0 Å². The van der Waals surface area contributed by atoms with Gasteiger partial charge in [0.25, 0.3) is 0 Å². The number of aliphatic imine (C=N–C) groups is 1. The van der Waals surface area contributed by atoms with Crippen LogP contribution < -0.4 is 15.4 Å². The van der Waals surface area contributed by atoms with E-state index in [1.807, 2.05) is 31.3 Å². The molecule has 7 heteroatoms. The van der Waals surface area contributed by atoms with Gasteiger partial charge in [-0.15, -0.1) is 11.3 Å². The maximum atomic E-state index is 5.10. The number of hydrogen-bond acceptors (Lipinski definition) is 5. The summed E-state index contributed by atoms with van der Waals surface area (Å²) >= 11 is 1.67. The Balaban J connectivity index is 1.84. The van der Waals surface area contributed by atoms with Crippen LogP contribution in [0.5, 0.6) is 5.88 Å². The first-order valence-electron chi connectivity index (χ1n) is 6.57. The molecule has 0 unspecified atom stereocenters. The summed E-state index contributed by atoms with van der Waals surface area (Å²) in [5, 5.41) is 7.47. The fourth-order valence-electron chi connectivity index (χ4n) is 1.71. The Morgan fingerprint density at radius 1 is 1.33 bits per heavy atom. The number of thiazole rings is 1. The van der Waals surface area contributed by atoms with E-state index < -0.39 is 0 Å². The highest BCUT2D eigenvalue weighted by atomic mass is 32.1. The summed E-state index contributed by atoms with van der Waals surface area (Å²) in [6.45, 7) is 3.28. The highest BCUT2D eigenvalue weighted by Gasteiger charge is 2.03. The van der Waals surface area contributed by atoms with Crippen LogP contribution in [0.25, 0.3) is 0 Å². The van der Waals surface area contributed by atoms with Crippen molar-refractivity contribution < 1.29 is 4.74 Å². The molecule has 0 atom stereocenters. The minimum Gasteiger partial charge on any atom is -0.481 e. The number of methoxy groups -OCH3 is 1. The van der Waals surface area contributed by atoms with Crippen molar-refractivity contribution in [2.24, 2.45) is 4.99 Å². The first-order valence-corrected chi connectivity index (χ1v) is 7.38. The molecule has 21 heavy (non-hydrogen) atoms. The van der Waals surface area contributed by atoms with Gasteiger partial charge < -0.3 is 15.4 Å². The van der Waals surface area contributed by atoms with Gasteiger partial charge in [-0.3, -0.25) is 4.99 Å². The summed E-state index contributed by atoms with van der Waals surface area (Å²) in [5.41, 5.74) is 0.891. The summed E-state index contributed by atoms with van der Waals surface area (Å²) < 4.78 is 5.10. The molecule has 0 aliphatic carbocycles. The van der Waals surface area contributed by atoms with Gasteiger partial charge in [0, 0.05) is 24.2 Å². The number of pyridine rings is 1. The second-order valence-corrected chi connectivity index (χ2v) is 5.63. The Morgan fingerprint density at radius 2 is 2.14 bits per heavy atom. The van der Waals surface area contributed by atoms with Gasteiger partial charge in [0.1, 0.15) is 5.01 Å². The average molecular weight is 305 g/mol. The number of guanidine groups is 1. The Hall–Kier alpha value is -2.15. The predicted molar refractivity (Wildman–Crippen MR) is 84.7 cm³/mol. The fraction of sp³-hybridized carbons (Fsp3) is 0.357. The highest BCUT2D eigenvalue weighted by molar-refractivity contribution is 7.11. The van der Waals surface area contributed by atoms with Crippen molar-refractivity contribution in [2.75, 3.05) is 14.2 Å². The molecule has 0 fully saturated rings. The van der Waals surface area contributed by atoms with Gasteiger partial charge in [0.2, 0.25) is 5.88 Å². The minimum absolute atomic E-state index is 0.577. The Bertz CT molecular complexity index is 611. The standard InChI is InChI=1S/C14H19N5OS/c1-10-7-16-13(21-10)9-18-14(15-2)17-8-11-5-4-6-12(19-11)20-3/h4-7H,8-9H2,1-3H3,(H2,15,17,18). The minimum atomic E-state index is 0.577. The molecule has 0 bridgehead atoms. The van der Waals surface area contributed by atoms with E-state index in [-0.39, 0.29) is 0 Å². The molecule has 2 aromatic rings. The van der Waals surface area contributed by atoms with Gasteiger partial charge in [-0.05, 0) is 13.0 Å². The van der Waals surface area contributed by atoms with Crippen LogP contribution in [0.15, 0.2) is 29.4 Å². The molecular formula is C14H19N5OS. The van der Waals surface area contributed by atoms with E-state index in [1.54, 1.807) is 25.5 Å². The van der Waals surface area contributed by atoms with Crippen molar-refractivity contribution >= 4 is 17.3 Å². The monoisotopic (exact) mass is 305 g/mol. The highest BCUT2D eigenvalue weighted by Crippen LogP contribution is 2.10. The lowest BCUT2D eigenvalue weighted by Crippen LogP contribution is -2.36. The van der Waals surface area contributed by atoms with Gasteiger partial charge >= 0.3 is 0 Å². The van der Waals surface area contributed by atoms with Crippen molar-refractivity contribution in [1.29, 1.82) is 0 Å². The molecule has 112 valence electrons. The summed E-state index contributed by atoms with van der Waals surface area (Å²) in [6, 6.07) is 5.67. The van der Waals surface area contributed by atoms with E-state index in [9.17, 15) is 0 Å². The van der Waals surface area contributed by atoms with Crippen LogP contribution in [0.1, 0.15) is 15.6 Å². The average Bonchev–Trinajstić information content (AvgIpc) is 2.93. The van der Waals surface area contributed by atoms with E-state index in [0.29, 0.717) is 24.9 Å². The zero-order valence-electron chi connectivity index (χ0n) is 12.4. The first-order chi connectivity index (χ1) is 10.2. The van der Waals surface area contributed by atoms with Gasteiger partial charge in [-0.2, -0.15) is 0 Å². The van der Waals surface area contributed by atoms with Crippen LogP contribution in [0.2, 0.25) is 0 Å². The topological polar surface area (TPSA) is 71.4 Å². The lowest BCUT2D eigenvalue weighted by molar-refractivity contribution is 0.396. The summed E-state index contributed by atoms with van der Waals surface area (Å²) in [5.74, 6) is 1.32. The quantitative estimate of drug-likeness (QED) is 0.650. The number of hydrogen-bond donors (Lipinski definition) is 2. The predicted octanol–water partition coefficient (Wildman–Crippen LogP) is 1.72. The molecule has 6 nitrogen and oxygen atoms in total. The van der Waals surface area contributed by atoms with Crippen molar-refractivity contribution in [2.45, 2.75) is 20.0 Å². The van der Waals surface area contributed by atoms with Crippen molar-refractivity contribution in [3.05, 3.63) is 40.0 Å². The second-order valence-electron chi connectivity index (χ2n) is 4.32. The third-order valence-electron chi connectivity index (χ3n) is 2.73. The zero-order valence-corrected chi connectivity index (χ0v) is 13.2. The molecule has 2 rings (SSSR count). The number of nitrogens with zero attached hydrogens (tertiary/aromatic N) is 3. The van der Waals surface area contributed by atoms with Gasteiger partial charge in [0.05, 0.1) is 25.9 Å². The Morgan fingerprint density at radius 3 is 2.81 bits per heavy atom. The van der Waals surface area contributed by atoms with Crippen LogP contribution in [0, 0.1) is 6.92 Å². The molecule has 0 saturated heterocycles. The fourth-order valence-corrected chi connectivity index (χ4v) is 2.43. The van der Waals surface area contributed by atoms with Gasteiger partial charge in [-0.1, -0.05) is 6.07 Å². The van der Waals surface area contributed by atoms with Crippen LogP contribution in [-0.4, -0.2) is 30.1 Å². The van der Waals surface area contributed by atoms with Gasteiger partial charge in [-0.25, -0.2) is 9.97 Å². The van der Waals surface area contributed by atoms with Crippen LogP contribution in [0.3, 0.4) is 0 Å². The molecule has 0 amide bonds. The first kappa shape index (κ1) is 15.2. The van der Waals surface area contributed by atoms with E-state index >= 15 is 0 Å². The summed E-state index contributed by atoms with van der Waals surface area (Å²) in [6.07, 6.45) is 1.87. The molecule has 0 aliphatic heterocycles. The maximum absolute atomic E-state index is 5.10. The largest absolute Gasteiger partial charge is 0.481 e. The normalized spacial score (nSPS) is 11.3. The molecule has 2 aromatic heterocycles. The van der Waals surface area contributed by atoms with Crippen molar-refractivity contribution in [3.8, 4) is 5.88 Å². The molecule has 0 spiro atoms. The summed E-state index contributed by atoms with van der Waals surface area (Å²) in [4.78, 5) is 14.0. The second kappa shape index (κ2) is 7.58. The number of nitrogens with one attached hydrogen (secondary N) is 2. The lowest BCUT2D eigenvalue weighted by Gasteiger charge is -2.11. The molecule has 0 radical (unpaired) electrons. The van der Waals surface area contributed by atoms with E-state index in [1.165, 1.54) is 4.88 Å². The Kier molecular flexibility index (Phi) is 5.51. The number of aryl methyl sites for hydroxylation is 1. The van der Waals surface area contributed by atoms with E-state index in [4.69, 9.17) is 4.74 Å². The third-order valence-corrected chi connectivity index (χ3v) is 3.64. The number of ether oxygens (including phenoxy) is 1.